The molecule has 1 amide bonds. The molecular formula is C14H18N2O4. The van der Waals surface area contributed by atoms with Gasteiger partial charge in [-0.2, -0.15) is 0 Å². The second-order valence-corrected chi connectivity index (χ2v) is 4.71. The summed E-state index contributed by atoms with van der Waals surface area (Å²) in [6, 6.07) is 6.56. The molecule has 20 heavy (non-hydrogen) atoms. The van der Waals surface area contributed by atoms with Gasteiger partial charge in [0.15, 0.2) is 0 Å². The van der Waals surface area contributed by atoms with Crippen LogP contribution >= 0.6 is 0 Å². The van der Waals surface area contributed by atoms with Crippen LogP contribution in [0.15, 0.2) is 24.3 Å². The second-order valence-electron chi connectivity index (χ2n) is 4.71. The first-order chi connectivity index (χ1) is 9.59. The number of amides is 1. The first-order valence-corrected chi connectivity index (χ1v) is 6.54. The van der Waals surface area contributed by atoms with E-state index >= 15 is 0 Å². The summed E-state index contributed by atoms with van der Waals surface area (Å²) >= 11 is 0. The van der Waals surface area contributed by atoms with Crippen molar-refractivity contribution in [1.82, 2.24) is 0 Å². The molecule has 1 heterocycles. The Morgan fingerprint density at radius 3 is 2.90 bits per heavy atom. The van der Waals surface area contributed by atoms with Gasteiger partial charge in [-0.1, -0.05) is 18.2 Å². The summed E-state index contributed by atoms with van der Waals surface area (Å²) in [6.07, 6.45) is 0.246. The molecular weight excluding hydrogens is 260 g/mol. The molecule has 1 aliphatic rings. The van der Waals surface area contributed by atoms with Gasteiger partial charge in [-0.25, -0.2) is 0 Å². The predicted molar refractivity (Wildman–Crippen MR) is 73.3 cm³/mol. The third-order valence-electron chi connectivity index (χ3n) is 3.29. The standard InChI is InChI=1S/C14H18N2O4/c15-11(14(18)19)5-6-13(17)16-7-8-20-9-10-3-1-2-4-12(10)16/h1-4,11H,5-9,15H2,(H,18,19)/t11-/m0/s1. The van der Waals surface area contributed by atoms with Gasteiger partial charge < -0.3 is 20.5 Å². The number of aliphatic carboxylic acids is 1. The molecule has 6 nitrogen and oxygen atoms in total. The maximum Gasteiger partial charge on any atom is 0.320 e. The Labute approximate surface area is 117 Å². The lowest BCUT2D eigenvalue weighted by Crippen LogP contribution is -2.36. The monoisotopic (exact) mass is 278 g/mol. The summed E-state index contributed by atoms with van der Waals surface area (Å²) in [5, 5.41) is 8.74. The average molecular weight is 278 g/mol. The highest BCUT2D eigenvalue weighted by Crippen LogP contribution is 2.24. The number of hydrogen-bond donors (Lipinski definition) is 2. The van der Waals surface area contributed by atoms with E-state index in [1.807, 2.05) is 24.3 Å². The fourth-order valence-corrected chi connectivity index (χ4v) is 2.15. The minimum absolute atomic E-state index is 0.113. The Bertz CT molecular complexity index is 504. The number of ether oxygens (including phenoxy) is 1. The summed E-state index contributed by atoms with van der Waals surface area (Å²) in [4.78, 5) is 24.6. The first kappa shape index (κ1) is 14.5. The zero-order chi connectivity index (χ0) is 14.5. The highest BCUT2D eigenvalue weighted by atomic mass is 16.5. The maximum atomic E-state index is 12.3. The van der Waals surface area contributed by atoms with E-state index in [0.29, 0.717) is 19.8 Å². The highest BCUT2D eigenvalue weighted by molar-refractivity contribution is 5.94. The van der Waals surface area contributed by atoms with Crippen molar-refractivity contribution >= 4 is 17.6 Å². The molecule has 108 valence electrons. The van der Waals surface area contributed by atoms with Crippen molar-refractivity contribution in [1.29, 1.82) is 0 Å². The van der Waals surface area contributed by atoms with E-state index in [-0.39, 0.29) is 18.7 Å². The fraction of sp³-hybridized carbons (Fsp3) is 0.429. The number of carboxylic acid groups (broad SMARTS) is 1. The molecule has 0 aromatic heterocycles. The topological polar surface area (TPSA) is 92.9 Å². The highest BCUT2D eigenvalue weighted by Gasteiger charge is 2.22. The van der Waals surface area contributed by atoms with E-state index in [4.69, 9.17) is 15.6 Å². The third-order valence-corrected chi connectivity index (χ3v) is 3.29. The van der Waals surface area contributed by atoms with Gasteiger partial charge in [0.25, 0.3) is 0 Å². The van der Waals surface area contributed by atoms with Gasteiger partial charge in [-0.3, -0.25) is 9.59 Å². The summed E-state index contributed by atoms with van der Waals surface area (Å²) in [5.74, 6) is -1.21. The van der Waals surface area contributed by atoms with Crippen LogP contribution in [0.2, 0.25) is 0 Å². The molecule has 1 aliphatic heterocycles. The lowest BCUT2D eigenvalue weighted by Gasteiger charge is -2.22. The largest absolute Gasteiger partial charge is 0.480 e. The number of rotatable bonds is 4. The molecule has 2 rings (SSSR count). The molecule has 6 heteroatoms. The molecule has 0 unspecified atom stereocenters. The zero-order valence-electron chi connectivity index (χ0n) is 11.1. The Morgan fingerprint density at radius 2 is 2.15 bits per heavy atom. The number of hydrogen-bond acceptors (Lipinski definition) is 4. The number of fused-ring (bicyclic) bond motifs is 1. The van der Waals surface area contributed by atoms with Crippen molar-refractivity contribution in [2.24, 2.45) is 5.73 Å². The van der Waals surface area contributed by atoms with Crippen molar-refractivity contribution in [3.8, 4) is 0 Å². The van der Waals surface area contributed by atoms with E-state index < -0.39 is 12.0 Å². The zero-order valence-corrected chi connectivity index (χ0v) is 11.1. The van der Waals surface area contributed by atoms with Crippen LogP contribution in [0.1, 0.15) is 18.4 Å². The van der Waals surface area contributed by atoms with Crippen molar-refractivity contribution in [2.45, 2.75) is 25.5 Å². The number of para-hydroxylation sites is 1. The minimum atomic E-state index is -1.09. The number of carbonyl (C=O) groups is 2. The van der Waals surface area contributed by atoms with Crippen LogP contribution in [0, 0.1) is 0 Å². The lowest BCUT2D eigenvalue weighted by atomic mass is 10.1. The summed E-state index contributed by atoms with van der Waals surface area (Å²) in [6.45, 7) is 1.41. The quantitative estimate of drug-likeness (QED) is 0.847. The molecule has 0 fully saturated rings. The van der Waals surface area contributed by atoms with Gasteiger partial charge in [0.05, 0.1) is 13.2 Å². The molecule has 0 radical (unpaired) electrons. The Morgan fingerprint density at radius 1 is 1.40 bits per heavy atom. The molecule has 0 saturated carbocycles. The normalized spacial score (nSPS) is 16.1. The van der Waals surface area contributed by atoms with Crippen LogP contribution in [0.5, 0.6) is 0 Å². The van der Waals surface area contributed by atoms with Crippen LogP contribution in [0.3, 0.4) is 0 Å². The van der Waals surface area contributed by atoms with E-state index in [1.165, 1.54) is 0 Å². The van der Waals surface area contributed by atoms with Crippen LogP contribution in [0.4, 0.5) is 5.69 Å². The number of carboxylic acids is 1. The molecule has 0 saturated heterocycles. The molecule has 0 bridgehead atoms. The van der Waals surface area contributed by atoms with Gasteiger partial charge in [0, 0.05) is 24.2 Å². The van der Waals surface area contributed by atoms with Crippen molar-refractivity contribution < 1.29 is 19.4 Å². The van der Waals surface area contributed by atoms with Crippen LogP contribution in [-0.4, -0.2) is 36.2 Å². The second kappa shape index (κ2) is 6.49. The molecule has 1 atom stereocenters. The van der Waals surface area contributed by atoms with Crippen molar-refractivity contribution in [3.05, 3.63) is 29.8 Å². The smallest absolute Gasteiger partial charge is 0.320 e. The van der Waals surface area contributed by atoms with Gasteiger partial charge in [0.1, 0.15) is 6.04 Å². The number of anilines is 1. The summed E-state index contributed by atoms with van der Waals surface area (Å²) < 4.78 is 5.45. The predicted octanol–water partition coefficient (Wildman–Crippen LogP) is 0.742. The maximum absolute atomic E-state index is 12.3. The summed E-state index contributed by atoms with van der Waals surface area (Å²) in [7, 11) is 0. The molecule has 0 spiro atoms. The molecule has 1 aromatic rings. The van der Waals surface area contributed by atoms with Crippen LogP contribution in [0.25, 0.3) is 0 Å². The van der Waals surface area contributed by atoms with Gasteiger partial charge >= 0.3 is 5.97 Å². The Hall–Kier alpha value is -1.92. The average Bonchev–Trinajstić information content (AvgIpc) is 2.66. The van der Waals surface area contributed by atoms with E-state index in [1.54, 1.807) is 4.90 Å². The lowest BCUT2D eigenvalue weighted by molar-refractivity contribution is -0.138. The number of nitrogens with zero attached hydrogens (tertiary/aromatic N) is 1. The van der Waals surface area contributed by atoms with E-state index in [0.717, 1.165) is 11.3 Å². The van der Waals surface area contributed by atoms with E-state index in [9.17, 15) is 9.59 Å². The first-order valence-electron chi connectivity index (χ1n) is 6.54. The third kappa shape index (κ3) is 3.34. The molecule has 3 N–H and O–H groups in total. The minimum Gasteiger partial charge on any atom is -0.480 e. The molecule has 0 aliphatic carbocycles. The van der Waals surface area contributed by atoms with Crippen LogP contribution < -0.4 is 10.6 Å². The van der Waals surface area contributed by atoms with Gasteiger partial charge in [-0.05, 0) is 12.5 Å². The Balaban J connectivity index is 2.08. The number of benzene rings is 1. The summed E-state index contributed by atoms with van der Waals surface area (Å²) in [5.41, 5.74) is 7.22. The number of nitrogens with two attached hydrogens (primary N) is 1. The van der Waals surface area contributed by atoms with Crippen molar-refractivity contribution in [2.75, 3.05) is 18.1 Å². The van der Waals surface area contributed by atoms with Gasteiger partial charge in [0.2, 0.25) is 5.91 Å². The van der Waals surface area contributed by atoms with E-state index in [2.05, 4.69) is 0 Å². The SMILES string of the molecule is N[C@@H](CCC(=O)N1CCOCc2ccccc21)C(=O)O. The molecule has 1 aromatic carbocycles. The van der Waals surface area contributed by atoms with Gasteiger partial charge in [-0.15, -0.1) is 0 Å². The Kier molecular flexibility index (Phi) is 4.70. The van der Waals surface area contributed by atoms with Crippen molar-refractivity contribution in [3.63, 3.8) is 0 Å². The van der Waals surface area contributed by atoms with Crippen LogP contribution in [-0.2, 0) is 20.9 Å². The fourth-order valence-electron chi connectivity index (χ4n) is 2.15. The number of carbonyl (C=O) groups excluding carboxylic acids is 1.